The highest BCUT2D eigenvalue weighted by Crippen LogP contribution is 2.30. The van der Waals surface area contributed by atoms with Crippen LogP contribution >= 0.6 is 11.8 Å². The SMILES string of the molecule is CSCCCCCNc1ccc([N+](=O)[O-])c(OC(C)C)c1. The van der Waals surface area contributed by atoms with Crippen molar-refractivity contribution < 1.29 is 9.66 Å². The normalized spacial score (nSPS) is 10.7. The molecule has 1 aromatic rings. The number of nitro benzene ring substituents is 1. The number of nitrogens with one attached hydrogen (secondary N) is 1. The topological polar surface area (TPSA) is 64.4 Å². The molecule has 1 rings (SSSR count). The summed E-state index contributed by atoms with van der Waals surface area (Å²) in [6, 6.07) is 4.93. The van der Waals surface area contributed by atoms with Gasteiger partial charge >= 0.3 is 5.69 Å². The molecule has 0 aliphatic rings. The van der Waals surface area contributed by atoms with Crippen LogP contribution in [0, 0.1) is 10.1 Å². The number of nitro groups is 1. The molecule has 1 aromatic carbocycles. The number of hydrogen-bond acceptors (Lipinski definition) is 5. The first-order chi connectivity index (χ1) is 10.0. The van der Waals surface area contributed by atoms with Gasteiger partial charge in [-0.1, -0.05) is 6.42 Å². The molecule has 0 atom stereocenters. The summed E-state index contributed by atoms with van der Waals surface area (Å²) in [4.78, 5) is 10.6. The van der Waals surface area contributed by atoms with Gasteiger partial charge in [0.05, 0.1) is 11.0 Å². The summed E-state index contributed by atoms with van der Waals surface area (Å²) >= 11 is 1.87. The lowest BCUT2D eigenvalue weighted by Crippen LogP contribution is -2.08. The molecule has 0 aromatic heterocycles. The predicted octanol–water partition coefficient (Wildman–Crippen LogP) is 4.33. The van der Waals surface area contributed by atoms with Crippen molar-refractivity contribution in [2.24, 2.45) is 0 Å². The monoisotopic (exact) mass is 312 g/mol. The van der Waals surface area contributed by atoms with Gasteiger partial charge < -0.3 is 10.1 Å². The van der Waals surface area contributed by atoms with Gasteiger partial charge in [-0.3, -0.25) is 10.1 Å². The third kappa shape index (κ3) is 6.71. The Morgan fingerprint density at radius 1 is 1.33 bits per heavy atom. The van der Waals surface area contributed by atoms with Crippen LogP contribution in [0.1, 0.15) is 33.1 Å². The number of nitrogens with zero attached hydrogens (tertiary/aromatic N) is 1. The molecule has 21 heavy (non-hydrogen) atoms. The number of hydrogen-bond donors (Lipinski definition) is 1. The molecule has 0 heterocycles. The molecule has 6 heteroatoms. The summed E-state index contributed by atoms with van der Waals surface area (Å²) < 4.78 is 5.52. The zero-order valence-electron chi connectivity index (χ0n) is 12.9. The first-order valence-corrected chi connectivity index (χ1v) is 8.62. The molecule has 0 bridgehead atoms. The van der Waals surface area contributed by atoms with Gasteiger partial charge in [-0.05, 0) is 44.8 Å². The lowest BCUT2D eigenvalue weighted by molar-refractivity contribution is -0.386. The van der Waals surface area contributed by atoms with Crippen LogP contribution in [-0.4, -0.2) is 29.6 Å². The Morgan fingerprint density at radius 2 is 2.10 bits per heavy atom. The minimum Gasteiger partial charge on any atom is -0.484 e. The Labute approximate surface area is 130 Å². The van der Waals surface area contributed by atoms with Crippen molar-refractivity contribution in [3.05, 3.63) is 28.3 Å². The fourth-order valence-electron chi connectivity index (χ4n) is 1.90. The van der Waals surface area contributed by atoms with Crippen molar-refractivity contribution >= 4 is 23.1 Å². The summed E-state index contributed by atoms with van der Waals surface area (Å²) in [5.74, 6) is 1.52. The second kappa shape index (κ2) is 9.50. The fraction of sp³-hybridized carbons (Fsp3) is 0.600. The van der Waals surface area contributed by atoms with Crippen LogP contribution < -0.4 is 10.1 Å². The number of thioether (sulfide) groups is 1. The summed E-state index contributed by atoms with van der Waals surface area (Å²) in [7, 11) is 0. The highest BCUT2D eigenvalue weighted by molar-refractivity contribution is 7.98. The largest absolute Gasteiger partial charge is 0.484 e. The second-order valence-corrected chi connectivity index (χ2v) is 6.07. The van der Waals surface area contributed by atoms with Crippen LogP contribution in [0.2, 0.25) is 0 Å². The Kier molecular flexibility index (Phi) is 7.97. The molecule has 0 unspecified atom stereocenters. The van der Waals surface area contributed by atoms with Gasteiger partial charge in [0.2, 0.25) is 0 Å². The molecular weight excluding hydrogens is 288 g/mol. The van der Waals surface area contributed by atoms with Crippen molar-refractivity contribution in [1.29, 1.82) is 0 Å². The maximum atomic E-state index is 11.0. The second-order valence-electron chi connectivity index (χ2n) is 5.09. The Balaban J connectivity index is 2.57. The van der Waals surface area contributed by atoms with Crippen LogP contribution in [0.15, 0.2) is 18.2 Å². The molecule has 0 saturated heterocycles. The highest BCUT2D eigenvalue weighted by atomic mass is 32.2. The van der Waals surface area contributed by atoms with Crippen molar-refractivity contribution in [1.82, 2.24) is 0 Å². The minimum absolute atomic E-state index is 0.00854. The van der Waals surface area contributed by atoms with E-state index < -0.39 is 4.92 Å². The first-order valence-electron chi connectivity index (χ1n) is 7.22. The molecule has 0 aliphatic carbocycles. The minimum atomic E-state index is -0.413. The molecule has 0 spiro atoms. The van der Waals surface area contributed by atoms with Crippen molar-refractivity contribution in [3.8, 4) is 5.75 Å². The number of ether oxygens (including phenoxy) is 1. The van der Waals surface area contributed by atoms with E-state index in [0.717, 1.165) is 18.7 Å². The molecule has 0 radical (unpaired) electrons. The van der Waals surface area contributed by atoms with Gasteiger partial charge in [0.25, 0.3) is 0 Å². The Morgan fingerprint density at radius 3 is 2.71 bits per heavy atom. The average Bonchev–Trinajstić information content (AvgIpc) is 2.42. The average molecular weight is 312 g/mol. The smallest absolute Gasteiger partial charge is 0.311 e. The highest BCUT2D eigenvalue weighted by Gasteiger charge is 2.16. The lowest BCUT2D eigenvalue weighted by atomic mass is 10.2. The van der Waals surface area contributed by atoms with Crippen molar-refractivity contribution in [2.75, 3.05) is 23.9 Å². The fourth-order valence-corrected chi connectivity index (χ4v) is 2.40. The van der Waals surface area contributed by atoms with E-state index in [0.29, 0.717) is 5.75 Å². The maximum absolute atomic E-state index is 11.0. The quantitative estimate of drug-likeness (QED) is 0.396. The van der Waals surface area contributed by atoms with Gasteiger partial charge in [-0.2, -0.15) is 11.8 Å². The number of rotatable bonds is 10. The van der Waals surface area contributed by atoms with E-state index in [1.807, 2.05) is 25.6 Å². The van der Waals surface area contributed by atoms with E-state index in [1.165, 1.54) is 24.7 Å². The summed E-state index contributed by atoms with van der Waals surface area (Å²) in [6.45, 7) is 4.58. The zero-order chi connectivity index (χ0) is 15.7. The lowest BCUT2D eigenvalue weighted by Gasteiger charge is -2.12. The van der Waals surface area contributed by atoms with Crippen LogP contribution in [0.5, 0.6) is 5.75 Å². The number of benzene rings is 1. The number of unbranched alkanes of at least 4 members (excludes halogenated alkanes) is 2. The van der Waals surface area contributed by atoms with E-state index in [4.69, 9.17) is 4.74 Å². The molecule has 5 nitrogen and oxygen atoms in total. The van der Waals surface area contributed by atoms with E-state index >= 15 is 0 Å². The molecule has 0 amide bonds. The van der Waals surface area contributed by atoms with Crippen LogP contribution in [0.3, 0.4) is 0 Å². The van der Waals surface area contributed by atoms with Gasteiger partial charge in [0.1, 0.15) is 0 Å². The summed E-state index contributed by atoms with van der Waals surface area (Å²) in [5.41, 5.74) is 0.871. The molecule has 0 fully saturated rings. The summed E-state index contributed by atoms with van der Waals surface area (Å²) in [5, 5.41) is 14.3. The first kappa shape index (κ1) is 17.6. The van der Waals surface area contributed by atoms with Gasteiger partial charge in [-0.25, -0.2) is 0 Å². The van der Waals surface area contributed by atoms with E-state index in [2.05, 4.69) is 11.6 Å². The third-order valence-corrected chi connectivity index (χ3v) is 3.57. The molecular formula is C15H24N2O3S. The van der Waals surface area contributed by atoms with Gasteiger partial charge in [0.15, 0.2) is 5.75 Å². The third-order valence-electron chi connectivity index (χ3n) is 2.87. The van der Waals surface area contributed by atoms with Crippen LogP contribution in [-0.2, 0) is 0 Å². The van der Waals surface area contributed by atoms with Gasteiger partial charge in [0, 0.05) is 24.4 Å². The summed E-state index contributed by atoms with van der Waals surface area (Å²) in [6.07, 6.45) is 5.54. The molecule has 0 aliphatic heterocycles. The number of anilines is 1. The van der Waals surface area contributed by atoms with Crippen LogP contribution in [0.25, 0.3) is 0 Å². The molecule has 118 valence electrons. The standard InChI is InChI=1S/C15H24N2O3S/c1-12(2)20-15-11-13(7-8-14(15)17(18)19)16-9-5-4-6-10-21-3/h7-8,11-12,16H,4-6,9-10H2,1-3H3. The Bertz CT molecular complexity index is 453. The van der Waals surface area contributed by atoms with E-state index in [-0.39, 0.29) is 11.8 Å². The van der Waals surface area contributed by atoms with E-state index in [1.54, 1.807) is 12.1 Å². The van der Waals surface area contributed by atoms with Crippen molar-refractivity contribution in [3.63, 3.8) is 0 Å². The van der Waals surface area contributed by atoms with Crippen molar-refractivity contribution in [2.45, 2.75) is 39.2 Å². The van der Waals surface area contributed by atoms with Gasteiger partial charge in [-0.15, -0.1) is 0 Å². The maximum Gasteiger partial charge on any atom is 0.311 e. The molecule has 0 saturated carbocycles. The Hall–Kier alpha value is -1.43. The predicted molar refractivity (Wildman–Crippen MR) is 89.6 cm³/mol. The molecule has 1 N–H and O–H groups in total. The zero-order valence-corrected chi connectivity index (χ0v) is 13.7. The van der Waals surface area contributed by atoms with Crippen LogP contribution in [0.4, 0.5) is 11.4 Å². The van der Waals surface area contributed by atoms with E-state index in [9.17, 15) is 10.1 Å².